The molecule has 186 valence electrons. The van der Waals surface area contributed by atoms with Crippen LogP contribution >= 0.6 is 0 Å². The summed E-state index contributed by atoms with van der Waals surface area (Å²) in [6.07, 6.45) is 6.65. The van der Waals surface area contributed by atoms with Crippen molar-refractivity contribution < 1.29 is 9.59 Å². The Kier molecular flexibility index (Phi) is 6.85. The Morgan fingerprint density at radius 1 is 0.694 bits per heavy atom. The summed E-state index contributed by atoms with van der Waals surface area (Å²) in [5.74, 6) is -0.0219. The average Bonchev–Trinajstić information content (AvgIpc) is 3.18. The van der Waals surface area contributed by atoms with Gasteiger partial charge in [0, 0.05) is 6.04 Å². The molecule has 0 spiro atoms. The predicted octanol–water partition coefficient (Wildman–Crippen LogP) is 4.81. The Balaban J connectivity index is 1.82. The first-order chi connectivity index (χ1) is 17.6. The van der Waals surface area contributed by atoms with Crippen LogP contribution in [0.3, 0.4) is 0 Å². The van der Waals surface area contributed by atoms with Crippen LogP contribution in [0.1, 0.15) is 58.8 Å². The number of carbonyl (C=O) groups is 2. The molecular formula is C31H36N2O2Si. The summed E-state index contributed by atoms with van der Waals surface area (Å²) in [4.78, 5) is 31.6. The van der Waals surface area contributed by atoms with Gasteiger partial charge >= 0.3 is 6.03 Å². The number of hydrogen-bond donors (Lipinski definition) is 0. The van der Waals surface area contributed by atoms with Gasteiger partial charge in [-0.3, -0.25) is 9.36 Å². The number of imide groups is 1. The van der Waals surface area contributed by atoms with Gasteiger partial charge in [-0.1, -0.05) is 124 Å². The molecule has 1 aliphatic carbocycles. The zero-order valence-electron chi connectivity index (χ0n) is 21.4. The monoisotopic (exact) mass is 496 g/mol. The lowest BCUT2D eigenvalue weighted by Crippen LogP contribution is -2.78. The van der Waals surface area contributed by atoms with Crippen molar-refractivity contribution in [2.24, 2.45) is 0 Å². The zero-order valence-corrected chi connectivity index (χ0v) is 22.4. The maximum atomic E-state index is 14.8. The van der Waals surface area contributed by atoms with E-state index in [0.717, 1.165) is 41.2 Å². The minimum absolute atomic E-state index is 0.0219. The molecule has 4 nitrogen and oxygen atoms in total. The maximum absolute atomic E-state index is 14.8. The van der Waals surface area contributed by atoms with Crippen LogP contribution in [0, 0.1) is 0 Å². The Hall–Kier alpha value is -3.18. The fraction of sp³-hybridized carbons (Fsp3) is 0.355. The van der Waals surface area contributed by atoms with Crippen LogP contribution in [0.5, 0.6) is 0 Å². The second-order valence-electron chi connectivity index (χ2n) is 10.1. The van der Waals surface area contributed by atoms with Crippen LogP contribution in [-0.2, 0) is 4.79 Å². The summed E-state index contributed by atoms with van der Waals surface area (Å²) >= 11 is 0. The number of hydrogen-bond acceptors (Lipinski definition) is 2. The van der Waals surface area contributed by atoms with Gasteiger partial charge in [0.2, 0.25) is 5.91 Å². The van der Waals surface area contributed by atoms with E-state index in [1.54, 1.807) is 4.57 Å². The van der Waals surface area contributed by atoms with Crippen molar-refractivity contribution in [1.29, 1.82) is 0 Å². The maximum Gasteiger partial charge on any atom is 0.320 e. The topological polar surface area (TPSA) is 40.6 Å². The van der Waals surface area contributed by atoms with E-state index < -0.39 is 13.8 Å². The van der Waals surface area contributed by atoms with E-state index in [1.807, 2.05) is 59.5 Å². The Labute approximate surface area is 216 Å². The highest BCUT2D eigenvalue weighted by Gasteiger charge is 2.64. The third kappa shape index (κ3) is 3.64. The fourth-order valence-electron chi connectivity index (χ4n) is 6.65. The van der Waals surface area contributed by atoms with Crippen LogP contribution in [-0.4, -0.2) is 41.2 Å². The molecule has 1 aliphatic heterocycles. The van der Waals surface area contributed by atoms with Crippen molar-refractivity contribution in [3.63, 3.8) is 0 Å². The Morgan fingerprint density at radius 2 is 1.11 bits per heavy atom. The van der Waals surface area contributed by atoms with Crippen LogP contribution in [0.2, 0.25) is 0 Å². The van der Waals surface area contributed by atoms with E-state index in [-0.39, 0.29) is 18.0 Å². The molecule has 3 aromatic carbocycles. The summed E-state index contributed by atoms with van der Waals surface area (Å²) in [5, 5.41) is 3.15. The molecule has 2 aliphatic rings. The number of carbonyl (C=O) groups excluding carboxylic acids is 2. The minimum Gasteiger partial charge on any atom is -0.307 e. The fourth-order valence-corrected chi connectivity index (χ4v) is 11.4. The molecule has 2 fully saturated rings. The molecule has 0 atom stereocenters. The molecule has 1 saturated heterocycles. The highest BCUT2D eigenvalue weighted by atomic mass is 28.3. The lowest BCUT2D eigenvalue weighted by molar-refractivity contribution is -0.131. The third-order valence-electron chi connectivity index (χ3n) is 8.48. The van der Waals surface area contributed by atoms with E-state index in [9.17, 15) is 9.59 Å². The second-order valence-corrected chi connectivity index (χ2v) is 13.7. The Bertz CT molecular complexity index is 1090. The van der Waals surface area contributed by atoms with E-state index in [2.05, 4.69) is 50.2 Å². The van der Waals surface area contributed by atoms with Gasteiger partial charge in [0.05, 0.1) is 0 Å². The minimum atomic E-state index is -3.25. The summed E-state index contributed by atoms with van der Waals surface area (Å²) in [6, 6.07) is 30.8. The number of rotatable bonds is 7. The van der Waals surface area contributed by atoms with Crippen molar-refractivity contribution in [3.8, 4) is 0 Å². The first-order valence-corrected chi connectivity index (χ1v) is 15.4. The van der Waals surface area contributed by atoms with Crippen molar-refractivity contribution in [2.75, 3.05) is 0 Å². The van der Waals surface area contributed by atoms with E-state index >= 15 is 0 Å². The van der Waals surface area contributed by atoms with Crippen molar-refractivity contribution >= 4 is 35.7 Å². The third-order valence-corrected chi connectivity index (χ3v) is 13.1. The highest BCUT2D eigenvalue weighted by molar-refractivity contribution is 7.11. The molecule has 5 rings (SSSR count). The predicted molar refractivity (Wildman–Crippen MR) is 148 cm³/mol. The molecule has 0 N–H and O–H groups in total. The molecule has 1 heterocycles. The standard InChI is InChI=1S/C31H36N2O2Si/c1-3-31(4-2)29(34)33(30(35)32(31)25-17-9-5-10-18-25)36(26-19-11-6-12-20-26,27-21-13-7-14-22-27)28-23-15-8-16-24-28/h6-8,11-16,19-25H,3-5,9-10,17-18H2,1-2H3. The molecule has 36 heavy (non-hydrogen) atoms. The largest absolute Gasteiger partial charge is 0.320 e. The molecular weight excluding hydrogens is 460 g/mol. The summed E-state index contributed by atoms with van der Waals surface area (Å²) in [6.45, 7) is 4.15. The van der Waals surface area contributed by atoms with Crippen molar-refractivity contribution in [1.82, 2.24) is 9.47 Å². The number of benzene rings is 3. The zero-order chi connectivity index (χ0) is 25.2. The molecule has 0 bridgehead atoms. The lowest BCUT2D eigenvalue weighted by atomic mass is 9.86. The van der Waals surface area contributed by atoms with Gasteiger partial charge in [-0.2, -0.15) is 0 Å². The summed E-state index contributed by atoms with van der Waals surface area (Å²) in [7, 11) is -3.25. The van der Waals surface area contributed by atoms with E-state index in [0.29, 0.717) is 12.8 Å². The highest BCUT2D eigenvalue weighted by Crippen LogP contribution is 2.41. The summed E-state index contributed by atoms with van der Waals surface area (Å²) in [5.41, 5.74) is -0.796. The smallest absolute Gasteiger partial charge is 0.307 e. The van der Waals surface area contributed by atoms with Crippen LogP contribution in [0.15, 0.2) is 91.0 Å². The molecule has 0 radical (unpaired) electrons. The van der Waals surface area contributed by atoms with Gasteiger partial charge in [-0.05, 0) is 41.2 Å². The molecule has 0 unspecified atom stereocenters. The van der Waals surface area contributed by atoms with Gasteiger partial charge < -0.3 is 4.90 Å². The molecule has 3 aromatic rings. The molecule has 3 amide bonds. The quantitative estimate of drug-likeness (QED) is 0.268. The number of urea groups is 1. The van der Waals surface area contributed by atoms with Crippen LogP contribution in [0.4, 0.5) is 4.79 Å². The van der Waals surface area contributed by atoms with Gasteiger partial charge in [0.15, 0.2) is 0 Å². The Morgan fingerprint density at radius 3 is 1.50 bits per heavy atom. The first-order valence-electron chi connectivity index (χ1n) is 13.5. The average molecular weight is 497 g/mol. The normalized spacial score (nSPS) is 18.6. The summed E-state index contributed by atoms with van der Waals surface area (Å²) < 4.78 is 1.76. The van der Waals surface area contributed by atoms with Gasteiger partial charge in [-0.25, -0.2) is 4.79 Å². The SMILES string of the molecule is CCC1(CC)C(=O)N([Si](c2ccccc2)(c2ccccc2)c2ccccc2)C(=O)N1C1CCCCC1. The van der Waals surface area contributed by atoms with E-state index in [4.69, 9.17) is 0 Å². The first kappa shape index (κ1) is 24.5. The number of amides is 3. The van der Waals surface area contributed by atoms with Crippen molar-refractivity contribution in [2.45, 2.75) is 70.4 Å². The van der Waals surface area contributed by atoms with Gasteiger partial charge in [0.25, 0.3) is 8.24 Å². The second kappa shape index (κ2) is 10.1. The van der Waals surface area contributed by atoms with Gasteiger partial charge in [0.1, 0.15) is 5.54 Å². The molecule has 5 heteroatoms. The molecule has 0 aromatic heterocycles. The van der Waals surface area contributed by atoms with Crippen molar-refractivity contribution in [3.05, 3.63) is 91.0 Å². The van der Waals surface area contributed by atoms with E-state index in [1.165, 1.54) is 6.42 Å². The van der Waals surface area contributed by atoms with Crippen LogP contribution < -0.4 is 15.6 Å². The molecule has 1 saturated carbocycles. The van der Waals surface area contributed by atoms with Crippen LogP contribution in [0.25, 0.3) is 0 Å². The van der Waals surface area contributed by atoms with Gasteiger partial charge in [-0.15, -0.1) is 0 Å². The lowest BCUT2D eigenvalue weighted by Gasteiger charge is -2.41. The number of nitrogens with zero attached hydrogens (tertiary/aromatic N) is 2.